The van der Waals surface area contributed by atoms with Crippen LogP contribution in [0.25, 0.3) is 11.1 Å². The molecule has 2 heterocycles. The van der Waals surface area contributed by atoms with Crippen molar-refractivity contribution in [1.29, 1.82) is 0 Å². The fourth-order valence-corrected chi connectivity index (χ4v) is 4.76. The average molecular weight is 538 g/mol. The van der Waals surface area contributed by atoms with Gasteiger partial charge in [0.15, 0.2) is 0 Å². The van der Waals surface area contributed by atoms with E-state index in [1.807, 2.05) is 53.7 Å². The summed E-state index contributed by atoms with van der Waals surface area (Å²) in [7, 11) is 0. The summed E-state index contributed by atoms with van der Waals surface area (Å²) in [6.45, 7) is 16.3. The van der Waals surface area contributed by atoms with Gasteiger partial charge in [-0.15, -0.1) is 0 Å². The van der Waals surface area contributed by atoms with Crippen LogP contribution in [0.2, 0.25) is 0 Å². The van der Waals surface area contributed by atoms with Crippen molar-refractivity contribution in [2.75, 3.05) is 39.3 Å². The van der Waals surface area contributed by atoms with Crippen LogP contribution in [0.3, 0.4) is 0 Å². The Morgan fingerprint density at radius 1 is 0.769 bits per heavy atom. The van der Waals surface area contributed by atoms with Crippen LogP contribution in [0.5, 0.6) is 5.75 Å². The second-order valence-corrected chi connectivity index (χ2v) is 12.4. The van der Waals surface area contributed by atoms with E-state index < -0.39 is 11.2 Å². The van der Waals surface area contributed by atoms with Gasteiger partial charge in [0.1, 0.15) is 23.1 Å². The number of amides is 2. The Labute approximate surface area is 232 Å². The standard InChI is InChI=1S/C31H43N3O5/c1-30(2,3)38-28(35)33-18-16-32(17-19-33)21-23-8-7-9-25(20-23)24-10-12-26(13-11-24)37-27-14-15-34(22-27)29(36)39-31(4,5)6/h7-13,20,27H,14-19,21-22H2,1-6H3/t27-/m1/s1. The first-order chi connectivity index (χ1) is 18.3. The molecule has 0 aliphatic carbocycles. The fourth-order valence-electron chi connectivity index (χ4n) is 4.76. The molecule has 0 saturated carbocycles. The van der Waals surface area contributed by atoms with Gasteiger partial charge in [-0.05, 0) is 76.4 Å². The van der Waals surface area contributed by atoms with E-state index >= 15 is 0 Å². The summed E-state index contributed by atoms with van der Waals surface area (Å²) >= 11 is 0. The summed E-state index contributed by atoms with van der Waals surface area (Å²) in [5, 5.41) is 0. The normalized spacial score (nSPS) is 18.7. The van der Waals surface area contributed by atoms with E-state index in [4.69, 9.17) is 14.2 Å². The van der Waals surface area contributed by atoms with Gasteiger partial charge < -0.3 is 24.0 Å². The van der Waals surface area contributed by atoms with E-state index in [1.165, 1.54) is 5.56 Å². The predicted octanol–water partition coefficient (Wildman–Crippen LogP) is 5.79. The summed E-state index contributed by atoms with van der Waals surface area (Å²) in [6, 6.07) is 16.7. The first kappa shape index (κ1) is 28.7. The lowest BCUT2D eigenvalue weighted by Gasteiger charge is -2.35. The molecule has 212 valence electrons. The lowest BCUT2D eigenvalue weighted by Crippen LogP contribution is -2.49. The number of rotatable bonds is 5. The zero-order chi connectivity index (χ0) is 28.2. The molecule has 0 aromatic heterocycles. The topological polar surface area (TPSA) is 71.6 Å². The van der Waals surface area contributed by atoms with Crippen molar-refractivity contribution in [3.05, 3.63) is 54.1 Å². The summed E-state index contributed by atoms with van der Waals surface area (Å²) in [6.07, 6.45) is 0.232. The number of nitrogens with zero attached hydrogens (tertiary/aromatic N) is 3. The van der Waals surface area contributed by atoms with E-state index in [1.54, 1.807) is 9.80 Å². The number of ether oxygens (including phenoxy) is 3. The Kier molecular flexibility index (Phi) is 8.74. The lowest BCUT2D eigenvalue weighted by molar-refractivity contribution is 0.0138. The third kappa shape index (κ3) is 8.62. The summed E-state index contributed by atoms with van der Waals surface area (Å²) < 4.78 is 17.1. The molecule has 2 saturated heterocycles. The Hall–Kier alpha value is -3.26. The van der Waals surface area contributed by atoms with Crippen molar-refractivity contribution in [3.8, 4) is 16.9 Å². The van der Waals surface area contributed by atoms with Crippen molar-refractivity contribution >= 4 is 12.2 Å². The van der Waals surface area contributed by atoms with Crippen molar-refractivity contribution in [1.82, 2.24) is 14.7 Å². The monoisotopic (exact) mass is 537 g/mol. The Morgan fingerprint density at radius 3 is 2.00 bits per heavy atom. The minimum Gasteiger partial charge on any atom is -0.489 e. The number of hydrogen-bond acceptors (Lipinski definition) is 6. The van der Waals surface area contributed by atoms with E-state index in [-0.39, 0.29) is 18.3 Å². The van der Waals surface area contributed by atoms with Crippen LogP contribution in [0, 0.1) is 0 Å². The molecule has 0 spiro atoms. The number of benzene rings is 2. The van der Waals surface area contributed by atoms with E-state index in [2.05, 4.69) is 41.3 Å². The zero-order valence-electron chi connectivity index (χ0n) is 24.2. The van der Waals surface area contributed by atoms with Gasteiger partial charge in [0.2, 0.25) is 0 Å². The van der Waals surface area contributed by atoms with Gasteiger partial charge >= 0.3 is 12.2 Å². The molecule has 8 heteroatoms. The van der Waals surface area contributed by atoms with Crippen LogP contribution >= 0.6 is 0 Å². The van der Waals surface area contributed by atoms with E-state index in [0.29, 0.717) is 26.2 Å². The zero-order valence-corrected chi connectivity index (χ0v) is 24.2. The maximum Gasteiger partial charge on any atom is 0.410 e. The molecule has 0 bridgehead atoms. The van der Waals surface area contributed by atoms with Crippen molar-refractivity contribution in [3.63, 3.8) is 0 Å². The third-order valence-electron chi connectivity index (χ3n) is 6.64. The Bertz CT molecular complexity index is 1130. The van der Waals surface area contributed by atoms with Crippen LogP contribution in [-0.2, 0) is 16.0 Å². The quantitative estimate of drug-likeness (QED) is 0.481. The molecule has 2 aromatic rings. The molecule has 0 unspecified atom stereocenters. The number of carbonyl (C=O) groups is 2. The van der Waals surface area contributed by atoms with Gasteiger partial charge in [-0.3, -0.25) is 4.90 Å². The average Bonchev–Trinajstić information content (AvgIpc) is 3.32. The molecule has 8 nitrogen and oxygen atoms in total. The number of piperazine rings is 1. The molecule has 2 aliphatic heterocycles. The Balaban J connectivity index is 1.27. The number of hydrogen-bond donors (Lipinski definition) is 0. The molecule has 39 heavy (non-hydrogen) atoms. The first-order valence-electron chi connectivity index (χ1n) is 13.9. The van der Waals surface area contributed by atoms with Crippen molar-refractivity contribution in [2.24, 2.45) is 0 Å². The highest BCUT2D eigenvalue weighted by Gasteiger charge is 2.31. The highest BCUT2D eigenvalue weighted by atomic mass is 16.6. The molecular formula is C31H43N3O5. The second kappa shape index (κ2) is 11.9. The van der Waals surface area contributed by atoms with Gasteiger partial charge in [0.25, 0.3) is 0 Å². The third-order valence-corrected chi connectivity index (χ3v) is 6.64. The van der Waals surface area contributed by atoms with Gasteiger partial charge in [-0.2, -0.15) is 0 Å². The van der Waals surface area contributed by atoms with Crippen LogP contribution in [0.15, 0.2) is 48.5 Å². The fraction of sp³-hybridized carbons (Fsp3) is 0.548. The number of likely N-dealkylation sites (tertiary alicyclic amines) is 1. The summed E-state index contributed by atoms with van der Waals surface area (Å²) in [5.41, 5.74) is 2.55. The van der Waals surface area contributed by atoms with Crippen molar-refractivity contribution < 1.29 is 23.8 Å². The first-order valence-corrected chi connectivity index (χ1v) is 13.9. The molecule has 4 rings (SSSR count). The maximum absolute atomic E-state index is 12.3. The molecular weight excluding hydrogens is 494 g/mol. The largest absolute Gasteiger partial charge is 0.489 e. The second-order valence-electron chi connectivity index (χ2n) is 12.4. The maximum atomic E-state index is 12.3. The Morgan fingerprint density at radius 2 is 1.38 bits per heavy atom. The predicted molar refractivity (Wildman–Crippen MR) is 152 cm³/mol. The highest BCUT2D eigenvalue weighted by molar-refractivity contribution is 5.69. The van der Waals surface area contributed by atoms with E-state index in [9.17, 15) is 9.59 Å². The molecule has 0 radical (unpaired) electrons. The molecule has 0 N–H and O–H groups in total. The minimum atomic E-state index is -0.500. The lowest BCUT2D eigenvalue weighted by atomic mass is 10.0. The van der Waals surface area contributed by atoms with Crippen LogP contribution in [0.4, 0.5) is 9.59 Å². The molecule has 2 amide bonds. The van der Waals surface area contributed by atoms with Gasteiger partial charge in [0, 0.05) is 45.7 Å². The molecule has 2 aliphatic rings. The number of carbonyl (C=O) groups excluding carboxylic acids is 2. The molecule has 2 aromatic carbocycles. The minimum absolute atomic E-state index is 0.0394. The van der Waals surface area contributed by atoms with Crippen molar-refractivity contribution in [2.45, 2.75) is 71.8 Å². The van der Waals surface area contributed by atoms with Gasteiger partial charge in [-0.1, -0.05) is 30.3 Å². The van der Waals surface area contributed by atoms with Crippen LogP contribution < -0.4 is 4.74 Å². The SMILES string of the molecule is CC(C)(C)OC(=O)N1CCN(Cc2cccc(-c3ccc(O[C@@H]4CCN(C(=O)OC(C)(C)C)C4)cc3)c2)CC1. The van der Waals surface area contributed by atoms with E-state index in [0.717, 1.165) is 42.9 Å². The van der Waals surface area contributed by atoms with Gasteiger partial charge in [-0.25, -0.2) is 9.59 Å². The smallest absolute Gasteiger partial charge is 0.410 e. The summed E-state index contributed by atoms with van der Waals surface area (Å²) in [4.78, 5) is 30.6. The van der Waals surface area contributed by atoms with Gasteiger partial charge in [0.05, 0.1) is 6.54 Å². The van der Waals surface area contributed by atoms with Crippen LogP contribution in [0.1, 0.15) is 53.5 Å². The molecule has 2 fully saturated rings. The summed E-state index contributed by atoms with van der Waals surface area (Å²) in [5.74, 6) is 0.800. The highest BCUT2D eigenvalue weighted by Crippen LogP contribution is 2.26. The van der Waals surface area contributed by atoms with Crippen LogP contribution in [-0.4, -0.2) is 83.5 Å². The molecule has 1 atom stereocenters.